The maximum absolute atomic E-state index is 12.4. The number of amides is 1. The van der Waals surface area contributed by atoms with Gasteiger partial charge in [-0.1, -0.05) is 48.5 Å². The Balaban J connectivity index is 1.98. The summed E-state index contributed by atoms with van der Waals surface area (Å²) in [6, 6.07) is 17.0. The summed E-state index contributed by atoms with van der Waals surface area (Å²) in [5.74, 6) is -0.368. The summed E-state index contributed by atoms with van der Waals surface area (Å²) in [5, 5.41) is 2.83. The van der Waals surface area contributed by atoms with Crippen molar-refractivity contribution >= 4 is 15.9 Å². The van der Waals surface area contributed by atoms with Crippen molar-refractivity contribution in [2.75, 3.05) is 20.6 Å². The van der Waals surface area contributed by atoms with Gasteiger partial charge >= 0.3 is 0 Å². The van der Waals surface area contributed by atoms with Crippen LogP contribution in [0.3, 0.4) is 0 Å². The van der Waals surface area contributed by atoms with E-state index in [1.807, 2.05) is 49.3 Å². The summed E-state index contributed by atoms with van der Waals surface area (Å²) in [5.41, 5.74) is 1.08. The van der Waals surface area contributed by atoms with E-state index in [9.17, 15) is 13.2 Å². The highest BCUT2D eigenvalue weighted by Crippen LogP contribution is 2.16. The van der Waals surface area contributed by atoms with Gasteiger partial charge in [-0.2, -0.15) is 4.72 Å². The standard InChI is InChI=1S/C19H25N3O3S/c1-15(21-26(24,25)17-12-8-5-9-13-17)19(23)20-14-18(22(2)3)16-10-6-4-7-11-16/h4-13,15,18,21H,14H2,1-3H3,(H,20,23). The van der Waals surface area contributed by atoms with Gasteiger partial charge in [0.2, 0.25) is 15.9 Å². The SMILES string of the molecule is CC(NS(=O)(=O)c1ccccc1)C(=O)NCC(c1ccccc1)N(C)C. The van der Waals surface area contributed by atoms with Crippen molar-refractivity contribution in [3.05, 3.63) is 66.2 Å². The van der Waals surface area contributed by atoms with Crippen LogP contribution >= 0.6 is 0 Å². The molecule has 0 aliphatic rings. The van der Waals surface area contributed by atoms with Crippen molar-refractivity contribution in [3.63, 3.8) is 0 Å². The van der Waals surface area contributed by atoms with Crippen LogP contribution in [-0.2, 0) is 14.8 Å². The Hall–Kier alpha value is -2.22. The van der Waals surface area contributed by atoms with Crippen LogP contribution in [-0.4, -0.2) is 45.9 Å². The lowest BCUT2D eigenvalue weighted by Crippen LogP contribution is -2.46. The number of carbonyl (C=O) groups excluding carboxylic acids is 1. The van der Waals surface area contributed by atoms with Gasteiger partial charge in [-0.15, -0.1) is 0 Å². The fraction of sp³-hybridized carbons (Fsp3) is 0.316. The Bertz CT molecular complexity index is 808. The third-order valence-corrected chi connectivity index (χ3v) is 5.61. The number of benzene rings is 2. The predicted octanol–water partition coefficient (Wildman–Crippen LogP) is 1.77. The molecule has 2 aromatic carbocycles. The lowest BCUT2D eigenvalue weighted by atomic mass is 10.1. The van der Waals surface area contributed by atoms with E-state index in [4.69, 9.17) is 0 Å². The first-order valence-electron chi connectivity index (χ1n) is 8.37. The van der Waals surface area contributed by atoms with Gasteiger partial charge in [0.1, 0.15) is 0 Å². The Morgan fingerprint density at radius 1 is 1.00 bits per heavy atom. The molecular formula is C19H25N3O3S. The van der Waals surface area contributed by atoms with Gasteiger partial charge in [-0.25, -0.2) is 8.42 Å². The largest absolute Gasteiger partial charge is 0.353 e. The first-order valence-corrected chi connectivity index (χ1v) is 9.86. The van der Waals surface area contributed by atoms with Crippen molar-refractivity contribution in [2.45, 2.75) is 23.9 Å². The van der Waals surface area contributed by atoms with Crippen LogP contribution in [0, 0.1) is 0 Å². The average Bonchev–Trinajstić information content (AvgIpc) is 2.62. The molecule has 0 spiro atoms. The number of nitrogens with one attached hydrogen (secondary N) is 2. The Labute approximate surface area is 155 Å². The van der Waals surface area contributed by atoms with E-state index in [0.717, 1.165) is 5.56 Å². The highest BCUT2D eigenvalue weighted by atomic mass is 32.2. The second kappa shape index (κ2) is 8.93. The molecule has 2 rings (SSSR count). The molecule has 6 nitrogen and oxygen atoms in total. The number of sulfonamides is 1. The molecule has 0 aliphatic carbocycles. The van der Waals surface area contributed by atoms with Crippen LogP contribution in [0.1, 0.15) is 18.5 Å². The lowest BCUT2D eigenvalue weighted by molar-refractivity contribution is -0.122. The van der Waals surface area contributed by atoms with Crippen LogP contribution in [0.4, 0.5) is 0 Å². The molecule has 0 heterocycles. The van der Waals surface area contributed by atoms with Gasteiger partial charge in [0.15, 0.2) is 0 Å². The molecule has 0 bridgehead atoms. The van der Waals surface area contributed by atoms with Crippen LogP contribution in [0.15, 0.2) is 65.6 Å². The summed E-state index contributed by atoms with van der Waals surface area (Å²) in [7, 11) is 0.139. The number of carbonyl (C=O) groups is 1. The van der Waals surface area contributed by atoms with Crippen molar-refractivity contribution in [3.8, 4) is 0 Å². The van der Waals surface area contributed by atoms with E-state index in [1.54, 1.807) is 18.2 Å². The number of nitrogens with zero attached hydrogens (tertiary/aromatic N) is 1. The Morgan fingerprint density at radius 3 is 2.08 bits per heavy atom. The molecule has 0 radical (unpaired) electrons. The maximum Gasteiger partial charge on any atom is 0.241 e. The van der Waals surface area contributed by atoms with E-state index in [2.05, 4.69) is 10.0 Å². The number of hydrogen-bond acceptors (Lipinski definition) is 4. The summed E-state index contributed by atoms with van der Waals surface area (Å²) in [6.45, 7) is 1.91. The van der Waals surface area contributed by atoms with Gasteiger partial charge in [0.25, 0.3) is 0 Å². The summed E-state index contributed by atoms with van der Waals surface area (Å²) in [6.07, 6.45) is 0. The van der Waals surface area contributed by atoms with Crippen molar-refractivity contribution in [2.24, 2.45) is 0 Å². The van der Waals surface area contributed by atoms with Crippen LogP contribution < -0.4 is 10.0 Å². The third-order valence-electron chi connectivity index (χ3n) is 4.06. The van der Waals surface area contributed by atoms with Crippen LogP contribution in [0.5, 0.6) is 0 Å². The molecule has 2 N–H and O–H groups in total. The average molecular weight is 375 g/mol. The minimum Gasteiger partial charge on any atom is -0.353 e. The zero-order valence-corrected chi connectivity index (χ0v) is 16.0. The van der Waals surface area contributed by atoms with E-state index in [-0.39, 0.29) is 16.8 Å². The highest BCUT2D eigenvalue weighted by Gasteiger charge is 2.23. The molecule has 26 heavy (non-hydrogen) atoms. The molecule has 140 valence electrons. The first kappa shape index (κ1) is 20.1. The zero-order chi connectivity index (χ0) is 19.2. The van der Waals surface area contributed by atoms with E-state index in [1.165, 1.54) is 19.1 Å². The maximum atomic E-state index is 12.4. The van der Waals surface area contributed by atoms with Crippen LogP contribution in [0.2, 0.25) is 0 Å². The Kier molecular flexibility index (Phi) is 6.90. The first-order chi connectivity index (χ1) is 12.3. The van der Waals surface area contributed by atoms with Gasteiger partial charge in [0, 0.05) is 6.54 Å². The molecular weight excluding hydrogens is 350 g/mol. The van der Waals surface area contributed by atoms with Crippen molar-refractivity contribution in [1.29, 1.82) is 0 Å². The lowest BCUT2D eigenvalue weighted by Gasteiger charge is -2.26. The molecule has 2 unspecified atom stereocenters. The minimum absolute atomic E-state index is 0.00178. The highest BCUT2D eigenvalue weighted by molar-refractivity contribution is 7.89. The molecule has 0 aromatic heterocycles. The second-order valence-corrected chi connectivity index (χ2v) is 8.01. The molecule has 1 amide bonds. The van der Waals surface area contributed by atoms with E-state index in [0.29, 0.717) is 6.54 Å². The van der Waals surface area contributed by atoms with Crippen molar-refractivity contribution < 1.29 is 13.2 Å². The quantitative estimate of drug-likeness (QED) is 0.737. The minimum atomic E-state index is -3.73. The summed E-state index contributed by atoms with van der Waals surface area (Å²) in [4.78, 5) is 14.5. The van der Waals surface area contributed by atoms with Crippen molar-refractivity contribution in [1.82, 2.24) is 14.9 Å². The van der Waals surface area contributed by atoms with Gasteiger partial charge in [0.05, 0.1) is 17.0 Å². The normalized spacial score (nSPS) is 14.0. The summed E-state index contributed by atoms with van der Waals surface area (Å²) >= 11 is 0. The van der Waals surface area contributed by atoms with Gasteiger partial charge < -0.3 is 10.2 Å². The fourth-order valence-electron chi connectivity index (χ4n) is 2.58. The molecule has 0 saturated heterocycles. The predicted molar refractivity (Wildman–Crippen MR) is 102 cm³/mol. The smallest absolute Gasteiger partial charge is 0.241 e. The monoisotopic (exact) mass is 375 g/mol. The molecule has 0 saturated carbocycles. The number of likely N-dealkylation sites (N-methyl/N-ethyl adjacent to an activating group) is 1. The molecule has 2 aromatic rings. The van der Waals surface area contributed by atoms with Gasteiger partial charge in [-0.3, -0.25) is 4.79 Å². The summed E-state index contributed by atoms with van der Waals surface area (Å²) < 4.78 is 27.0. The zero-order valence-electron chi connectivity index (χ0n) is 15.2. The van der Waals surface area contributed by atoms with E-state index < -0.39 is 16.1 Å². The number of rotatable bonds is 8. The fourth-order valence-corrected chi connectivity index (χ4v) is 3.80. The topological polar surface area (TPSA) is 78.5 Å². The Morgan fingerprint density at radius 2 is 1.54 bits per heavy atom. The number of hydrogen-bond donors (Lipinski definition) is 2. The molecule has 0 fully saturated rings. The van der Waals surface area contributed by atoms with Gasteiger partial charge in [-0.05, 0) is 38.7 Å². The molecule has 7 heteroatoms. The van der Waals surface area contributed by atoms with E-state index >= 15 is 0 Å². The molecule has 0 aliphatic heterocycles. The molecule has 2 atom stereocenters. The third kappa shape index (κ3) is 5.39. The van der Waals surface area contributed by atoms with Crippen LogP contribution in [0.25, 0.3) is 0 Å². The second-order valence-electron chi connectivity index (χ2n) is 6.29.